The number of methoxy groups -OCH3 is 1. The first-order valence-electron chi connectivity index (χ1n) is 10.7. The molecule has 3 rings (SSSR count). The van der Waals surface area contributed by atoms with E-state index in [2.05, 4.69) is 24.0 Å². The van der Waals surface area contributed by atoms with Crippen LogP contribution in [0.1, 0.15) is 56.9 Å². The SMILES string of the molecule is CCCCC1=Cc2ccccc2C(P(=O)(OCC)OCC)N1c1ccc(OC)cc1. The molecule has 0 radical (unpaired) electrons. The van der Waals surface area contributed by atoms with Gasteiger partial charge in [-0.3, -0.25) is 4.57 Å². The van der Waals surface area contributed by atoms with Gasteiger partial charge in [0.15, 0.2) is 5.78 Å². The zero-order valence-corrected chi connectivity index (χ0v) is 19.2. The quantitative estimate of drug-likeness (QED) is 0.380. The Labute approximate surface area is 180 Å². The van der Waals surface area contributed by atoms with E-state index in [0.29, 0.717) is 13.2 Å². The van der Waals surface area contributed by atoms with Crippen LogP contribution in [-0.2, 0) is 13.6 Å². The molecular weight excluding hydrogens is 397 g/mol. The van der Waals surface area contributed by atoms with Crippen LogP contribution in [0, 0.1) is 0 Å². The Hall–Kier alpha value is -2.07. The summed E-state index contributed by atoms with van der Waals surface area (Å²) in [5.74, 6) is 0.239. The Balaban J connectivity index is 2.21. The number of anilines is 1. The molecule has 0 N–H and O–H groups in total. The van der Waals surface area contributed by atoms with Gasteiger partial charge in [0.05, 0.1) is 20.3 Å². The molecule has 0 bridgehead atoms. The number of rotatable bonds is 10. The Morgan fingerprint density at radius 3 is 2.23 bits per heavy atom. The number of ether oxygens (including phenoxy) is 1. The van der Waals surface area contributed by atoms with Crippen molar-refractivity contribution in [2.75, 3.05) is 25.2 Å². The maximum absolute atomic E-state index is 14.1. The van der Waals surface area contributed by atoms with Crippen molar-refractivity contribution in [3.05, 3.63) is 65.4 Å². The number of unbranched alkanes of at least 4 members (excludes halogenated alkanes) is 1. The van der Waals surface area contributed by atoms with E-state index < -0.39 is 13.4 Å². The molecule has 0 saturated heterocycles. The van der Waals surface area contributed by atoms with Gasteiger partial charge in [0, 0.05) is 11.4 Å². The fraction of sp³-hybridized carbons (Fsp3) is 0.417. The highest BCUT2D eigenvalue weighted by Gasteiger charge is 2.45. The molecule has 1 heterocycles. The highest BCUT2D eigenvalue weighted by Crippen LogP contribution is 2.65. The van der Waals surface area contributed by atoms with E-state index in [0.717, 1.165) is 47.5 Å². The minimum atomic E-state index is -3.48. The van der Waals surface area contributed by atoms with Crippen molar-refractivity contribution < 1.29 is 18.3 Å². The average Bonchev–Trinajstić information content (AvgIpc) is 2.77. The van der Waals surface area contributed by atoms with Gasteiger partial charge >= 0.3 is 7.60 Å². The van der Waals surface area contributed by atoms with Crippen LogP contribution in [0.5, 0.6) is 5.75 Å². The standard InChI is InChI=1S/C24H32NO4P/c1-5-8-12-21-18-19-11-9-10-13-23(19)24(30(26,28-6-2)29-7-3)25(21)20-14-16-22(27-4)17-15-20/h9-11,13-18,24H,5-8,12H2,1-4H3. The van der Waals surface area contributed by atoms with Crippen molar-refractivity contribution in [1.82, 2.24) is 0 Å². The molecule has 1 atom stereocenters. The molecule has 30 heavy (non-hydrogen) atoms. The first-order valence-corrected chi connectivity index (χ1v) is 12.3. The predicted octanol–water partition coefficient (Wildman–Crippen LogP) is 7.01. The lowest BCUT2D eigenvalue weighted by atomic mass is 9.98. The van der Waals surface area contributed by atoms with Crippen molar-refractivity contribution in [1.29, 1.82) is 0 Å². The fourth-order valence-electron chi connectivity index (χ4n) is 3.87. The smallest absolute Gasteiger partial charge is 0.357 e. The van der Waals surface area contributed by atoms with E-state index in [1.165, 1.54) is 0 Å². The number of nitrogens with zero attached hydrogens (tertiary/aromatic N) is 1. The van der Waals surface area contributed by atoms with Crippen LogP contribution in [0.3, 0.4) is 0 Å². The average molecular weight is 429 g/mol. The summed E-state index contributed by atoms with van der Waals surface area (Å²) in [6, 6.07) is 15.9. The molecule has 6 heteroatoms. The third-order valence-electron chi connectivity index (χ3n) is 5.20. The van der Waals surface area contributed by atoms with Gasteiger partial charge in [-0.1, -0.05) is 37.6 Å². The summed E-state index contributed by atoms with van der Waals surface area (Å²) in [5.41, 5.74) is 4.08. The molecular formula is C24H32NO4P. The topological polar surface area (TPSA) is 48.0 Å². The van der Waals surface area contributed by atoms with Gasteiger partial charge < -0.3 is 18.7 Å². The van der Waals surface area contributed by atoms with Crippen molar-refractivity contribution in [2.24, 2.45) is 0 Å². The van der Waals surface area contributed by atoms with E-state index in [9.17, 15) is 4.57 Å². The summed E-state index contributed by atoms with van der Waals surface area (Å²) >= 11 is 0. The third kappa shape index (κ3) is 4.64. The molecule has 2 aromatic rings. The zero-order valence-electron chi connectivity index (χ0n) is 18.3. The molecule has 1 aliphatic rings. The van der Waals surface area contributed by atoms with E-state index in [4.69, 9.17) is 13.8 Å². The van der Waals surface area contributed by atoms with Crippen LogP contribution in [0.4, 0.5) is 5.69 Å². The number of fused-ring (bicyclic) bond motifs is 1. The Morgan fingerprint density at radius 1 is 0.967 bits per heavy atom. The minimum absolute atomic E-state index is 0.320. The predicted molar refractivity (Wildman–Crippen MR) is 123 cm³/mol. The lowest BCUT2D eigenvalue weighted by Crippen LogP contribution is -2.32. The second kappa shape index (κ2) is 10.3. The van der Waals surface area contributed by atoms with Crippen molar-refractivity contribution in [2.45, 2.75) is 45.8 Å². The maximum Gasteiger partial charge on any atom is 0.357 e. The Bertz CT molecular complexity index is 900. The number of benzene rings is 2. The van der Waals surface area contributed by atoms with E-state index >= 15 is 0 Å². The van der Waals surface area contributed by atoms with E-state index in [-0.39, 0.29) is 0 Å². The normalized spacial score (nSPS) is 16.2. The second-order valence-electron chi connectivity index (χ2n) is 7.19. The monoisotopic (exact) mass is 429 g/mol. The van der Waals surface area contributed by atoms with Crippen molar-refractivity contribution >= 4 is 19.4 Å². The molecule has 0 fully saturated rings. The lowest BCUT2D eigenvalue weighted by Gasteiger charge is -2.42. The minimum Gasteiger partial charge on any atom is -0.497 e. The molecule has 0 aliphatic carbocycles. The summed E-state index contributed by atoms with van der Waals surface area (Å²) in [6.07, 6.45) is 5.20. The van der Waals surface area contributed by atoms with Gasteiger partial charge in [0.1, 0.15) is 5.75 Å². The Kier molecular flexibility index (Phi) is 7.76. The van der Waals surface area contributed by atoms with Crippen LogP contribution in [0.15, 0.2) is 54.2 Å². The summed E-state index contributed by atoms with van der Waals surface area (Å²) in [5, 5.41) is 0. The molecule has 162 valence electrons. The molecule has 2 aromatic carbocycles. The highest BCUT2D eigenvalue weighted by atomic mass is 31.2. The van der Waals surface area contributed by atoms with Crippen LogP contribution in [0.2, 0.25) is 0 Å². The third-order valence-corrected chi connectivity index (χ3v) is 7.55. The van der Waals surface area contributed by atoms with Gasteiger partial charge in [-0.05, 0) is 68.2 Å². The van der Waals surface area contributed by atoms with Crippen LogP contribution < -0.4 is 9.64 Å². The van der Waals surface area contributed by atoms with Gasteiger partial charge in [0.25, 0.3) is 0 Å². The second-order valence-corrected chi connectivity index (χ2v) is 9.27. The van der Waals surface area contributed by atoms with Crippen LogP contribution in [-0.4, -0.2) is 20.3 Å². The zero-order chi connectivity index (χ0) is 21.6. The van der Waals surface area contributed by atoms with Gasteiger partial charge in [-0.25, -0.2) is 0 Å². The maximum atomic E-state index is 14.1. The summed E-state index contributed by atoms with van der Waals surface area (Å²) in [6.45, 7) is 6.52. The fourth-order valence-corrected chi connectivity index (χ4v) is 6.09. The van der Waals surface area contributed by atoms with Crippen LogP contribution >= 0.6 is 7.60 Å². The molecule has 0 amide bonds. The Morgan fingerprint density at radius 2 is 1.63 bits per heavy atom. The van der Waals surface area contributed by atoms with E-state index in [1.54, 1.807) is 7.11 Å². The summed E-state index contributed by atoms with van der Waals surface area (Å²) in [4.78, 5) is 2.14. The molecule has 0 aromatic heterocycles. The highest BCUT2D eigenvalue weighted by molar-refractivity contribution is 7.54. The molecule has 0 spiro atoms. The molecule has 1 unspecified atom stereocenters. The first-order chi connectivity index (χ1) is 14.6. The first kappa shape index (κ1) is 22.6. The molecule has 0 saturated carbocycles. The largest absolute Gasteiger partial charge is 0.497 e. The number of allylic oxidation sites excluding steroid dienone is 1. The van der Waals surface area contributed by atoms with Crippen molar-refractivity contribution in [3.8, 4) is 5.75 Å². The van der Waals surface area contributed by atoms with Gasteiger partial charge in [0.2, 0.25) is 0 Å². The number of hydrogen-bond acceptors (Lipinski definition) is 5. The lowest BCUT2D eigenvalue weighted by molar-refractivity contribution is 0.211. The van der Waals surface area contributed by atoms with Crippen molar-refractivity contribution in [3.63, 3.8) is 0 Å². The molecule has 5 nitrogen and oxygen atoms in total. The van der Waals surface area contributed by atoms with Crippen LogP contribution in [0.25, 0.3) is 6.08 Å². The molecule has 1 aliphatic heterocycles. The number of hydrogen-bond donors (Lipinski definition) is 0. The summed E-state index contributed by atoms with van der Waals surface area (Å²) < 4.78 is 31.2. The van der Waals surface area contributed by atoms with Gasteiger partial charge in [-0.2, -0.15) is 0 Å². The summed E-state index contributed by atoms with van der Waals surface area (Å²) in [7, 11) is -1.83. The van der Waals surface area contributed by atoms with E-state index in [1.807, 2.05) is 56.3 Å². The van der Waals surface area contributed by atoms with Gasteiger partial charge in [-0.15, -0.1) is 0 Å².